The van der Waals surface area contributed by atoms with Crippen molar-refractivity contribution in [1.82, 2.24) is 0 Å². The fourth-order valence-electron chi connectivity index (χ4n) is 1.09. The highest BCUT2D eigenvalue weighted by Crippen LogP contribution is 2.18. The summed E-state index contributed by atoms with van der Waals surface area (Å²) in [5.41, 5.74) is -0.768. The van der Waals surface area contributed by atoms with E-state index in [0.29, 0.717) is 0 Å². The number of benzene rings is 1. The molecule has 0 heterocycles. The monoisotopic (exact) mass is 258 g/mol. The minimum Gasteiger partial charge on any atom is -0.480 e. The van der Waals surface area contributed by atoms with Crippen LogP contribution in [0.3, 0.4) is 0 Å². The maximum absolute atomic E-state index is 13.1. The maximum Gasteiger partial charge on any atom is 0.320 e. The molecule has 0 amide bonds. The molecule has 0 radical (unpaired) electrons. The van der Waals surface area contributed by atoms with Crippen LogP contribution in [0.2, 0.25) is 0 Å². The second-order valence-corrected chi connectivity index (χ2v) is 4.75. The predicted octanol–water partition coefficient (Wildman–Crippen LogP) is 0.524. The van der Waals surface area contributed by atoms with Crippen LogP contribution in [0, 0.1) is 17.1 Å². The van der Waals surface area contributed by atoms with Crippen molar-refractivity contribution in [3.8, 4) is 6.07 Å². The number of nitrogens with one attached hydrogen (secondary N) is 1. The Hall–Kier alpha value is -2.14. The van der Waals surface area contributed by atoms with E-state index in [1.165, 1.54) is 18.2 Å². The molecule has 0 atom stereocenters. The Bertz CT molecular complexity index is 592. The van der Waals surface area contributed by atoms with Gasteiger partial charge >= 0.3 is 5.97 Å². The number of nitriles is 1. The minimum absolute atomic E-state index is 0.284. The number of halogens is 1. The quantitative estimate of drug-likeness (QED) is 0.818. The molecule has 0 aliphatic heterocycles. The fraction of sp³-hybridized carbons (Fsp3) is 0.111. The SMILES string of the molecule is N#Cc1c(F)cccc1NS(=O)(=O)CC(=O)O. The normalized spacial score (nSPS) is 10.6. The van der Waals surface area contributed by atoms with E-state index in [-0.39, 0.29) is 5.69 Å². The standard InChI is InChI=1S/C9H7FN2O4S/c10-7-2-1-3-8(6(7)4-11)12-17(15,16)5-9(13)14/h1-3,12H,5H2,(H,13,14). The van der Waals surface area contributed by atoms with E-state index in [1.807, 2.05) is 4.72 Å². The molecule has 0 bridgehead atoms. The van der Waals surface area contributed by atoms with Gasteiger partial charge in [-0.15, -0.1) is 0 Å². The summed E-state index contributed by atoms with van der Waals surface area (Å²) in [6.45, 7) is 0. The summed E-state index contributed by atoms with van der Waals surface area (Å²) in [7, 11) is -4.15. The topological polar surface area (TPSA) is 107 Å². The average Bonchev–Trinajstić information content (AvgIpc) is 2.14. The van der Waals surface area contributed by atoms with Crippen LogP contribution in [0.15, 0.2) is 18.2 Å². The number of rotatable bonds is 4. The molecular formula is C9H7FN2O4S. The zero-order valence-corrected chi connectivity index (χ0v) is 9.16. The molecule has 0 spiro atoms. The molecule has 0 aliphatic rings. The van der Waals surface area contributed by atoms with Gasteiger partial charge in [0.1, 0.15) is 17.4 Å². The van der Waals surface area contributed by atoms with Gasteiger partial charge < -0.3 is 5.11 Å². The number of sulfonamides is 1. The Kier molecular flexibility index (Phi) is 3.65. The van der Waals surface area contributed by atoms with Crippen LogP contribution in [0.4, 0.5) is 10.1 Å². The lowest BCUT2D eigenvalue weighted by Gasteiger charge is -2.07. The minimum atomic E-state index is -4.15. The van der Waals surface area contributed by atoms with Crippen molar-refractivity contribution in [3.05, 3.63) is 29.6 Å². The third-order valence-electron chi connectivity index (χ3n) is 1.70. The van der Waals surface area contributed by atoms with Gasteiger partial charge in [-0.25, -0.2) is 12.8 Å². The molecule has 90 valence electrons. The van der Waals surface area contributed by atoms with Crippen molar-refractivity contribution in [1.29, 1.82) is 5.26 Å². The summed E-state index contributed by atoms with van der Waals surface area (Å²) >= 11 is 0. The molecular weight excluding hydrogens is 251 g/mol. The van der Waals surface area contributed by atoms with Gasteiger partial charge in [0.2, 0.25) is 10.0 Å². The Labute approximate surface area is 96.4 Å². The molecule has 0 aromatic heterocycles. The van der Waals surface area contributed by atoms with E-state index >= 15 is 0 Å². The van der Waals surface area contributed by atoms with Crippen molar-refractivity contribution in [2.75, 3.05) is 10.5 Å². The first-order chi connectivity index (χ1) is 7.85. The first-order valence-electron chi connectivity index (χ1n) is 4.26. The van der Waals surface area contributed by atoms with E-state index in [2.05, 4.69) is 0 Å². The van der Waals surface area contributed by atoms with Crippen LogP contribution in [0.1, 0.15) is 5.56 Å². The summed E-state index contributed by atoms with van der Waals surface area (Å²) < 4.78 is 37.5. The molecule has 0 saturated heterocycles. The van der Waals surface area contributed by atoms with Crippen molar-refractivity contribution in [2.24, 2.45) is 0 Å². The van der Waals surface area contributed by atoms with Crippen LogP contribution >= 0.6 is 0 Å². The van der Waals surface area contributed by atoms with E-state index in [4.69, 9.17) is 10.4 Å². The van der Waals surface area contributed by atoms with Gasteiger partial charge in [-0.2, -0.15) is 5.26 Å². The largest absolute Gasteiger partial charge is 0.480 e. The lowest BCUT2D eigenvalue weighted by molar-refractivity contribution is -0.134. The maximum atomic E-state index is 13.1. The molecule has 1 aromatic rings. The Morgan fingerprint density at radius 2 is 2.18 bits per heavy atom. The molecule has 6 nitrogen and oxygen atoms in total. The van der Waals surface area contributed by atoms with Crippen LogP contribution in [0.5, 0.6) is 0 Å². The number of anilines is 1. The van der Waals surface area contributed by atoms with Gasteiger partial charge in [-0.05, 0) is 12.1 Å². The number of hydrogen-bond donors (Lipinski definition) is 2. The first kappa shape index (κ1) is 12.9. The zero-order valence-electron chi connectivity index (χ0n) is 8.34. The van der Waals surface area contributed by atoms with E-state index in [9.17, 15) is 17.6 Å². The Morgan fingerprint density at radius 3 is 2.71 bits per heavy atom. The lowest BCUT2D eigenvalue weighted by Crippen LogP contribution is -2.23. The predicted molar refractivity (Wildman–Crippen MR) is 56.2 cm³/mol. The third kappa shape index (κ3) is 3.42. The zero-order chi connectivity index (χ0) is 13.1. The Morgan fingerprint density at radius 1 is 1.53 bits per heavy atom. The number of nitrogens with zero attached hydrogens (tertiary/aromatic N) is 1. The molecule has 0 unspecified atom stereocenters. The molecule has 1 aromatic carbocycles. The van der Waals surface area contributed by atoms with Gasteiger partial charge in [0, 0.05) is 0 Å². The second-order valence-electron chi connectivity index (χ2n) is 3.03. The average molecular weight is 258 g/mol. The van der Waals surface area contributed by atoms with Gasteiger partial charge in [-0.3, -0.25) is 9.52 Å². The van der Waals surface area contributed by atoms with Crippen LogP contribution in [-0.2, 0) is 14.8 Å². The van der Waals surface area contributed by atoms with Crippen molar-refractivity contribution < 1.29 is 22.7 Å². The molecule has 0 fully saturated rings. The molecule has 17 heavy (non-hydrogen) atoms. The highest BCUT2D eigenvalue weighted by molar-refractivity contribution is 7.93. The van der Waals surface area contributed by atoms with E-state index in [0.717, 1.165) is 6.07 Å². The summed E-state index contributed by atoms with van der Waals surface area (Å²) in [4.78, 5) is 10.3. The van der Waals surface area contributed by atoms with Gasteiger partial charge in [0.05, 0.1) is 5.69 Å². The number of carboxylic acids is 1. The number of carboxylic acid groups (broad SMARTS) is 1. The number of hydrogen-bond acceptors (Lipinski definition) is 4. The number of carbonyl (C=O) groups is 1. The Balaban J connectivity index is 3.09. The van der Waals surface area contributed by atoms with Crippen molar-refractivity contribution in [3.63, 3.8) is 0 Å². The smallest absolute Gasteiger partial charge is 0.320 e. The molecule has 0 saturated carbocycles. The highest BCUT2D eigenvalue weighted by Gasteiger charge is 2.18. The summed E-state index contributed by atoms with van der Waals surface area (Å²) in [6, 6.07) is 4.85. The van der Waals surface area contributed by atoms with E-state index in [1.54, 1.807) is 0 Å². The molecule has 0 aliphatic carbocycles. The molecule has 1 rings (SSSR count). The van der Waals surface area contributed by atoms with Crippen molar-refractivity contribution >= 4 is 21.7 Å². The van der Waals surface area contributed by atoms with Crippen LogP contribution < -0.4 is 4.72 Å². The lowest BCUT2D eigenvalue weighted by atomic mass is 10.2. The van der Waals surface area contributed by atoms with Crippen LogP contribution in [0.25, 0.3) is 0 Å². The van der Waals surface area contributed by atoms with Crippen LogP contribution in [-0.4, -0.2) is 25.2 Å². The molecule has 2 N–H and O–H groups in total. The highest BCUT2D eigenvalue weighted by atomic mass is 32.2. The van der Waals surface area contributed by atoms with Gasteiger partial charge in [0.15, 0.2) is 5.75 Å². The van der Waals surface area contributed by atoms with Crippen molar-refractivity contribution in [2.45, 2.75) is 0 Å². The summed E-state index contributed by atoms with van der Waals surface area (Å²) in [6.07, 6.45) is 0. The first-order valence-corrected chi connectivity index (χ1v) is 5.92. The molecule has 8 heteroatoms. The summed E-state index contributed by atoms with van der Waals surface area (Å²) in [5.74, 6) is -3.59. The van der Waals surface area contributed by atoms with Gasteiger partial charge in [-0.1, -0.05) is 6.07 Å². The number of aliphatic carboxylic acids is 1. The second kappa shape index (κ2) is 4.80. The van der Waals surface area contributed by atoms with Gasteiger partial charge in [0.25, 0.3) is 0 Å². The third-order valence-corrected chi connectivity index (χ3v) is 2.86. The summed E-state index contributed by atoms with van der Waals surface area (Å²) in [5, 5.41) is 17.0. The fourth-order valence-corrected chi connectivity index (χ4v) is 1.99. The van der Waals surface area contributed by atoms with E-state index < -0.39 is 33.1 Å².